The summed E-state index contributed by atoms with van der Waals surface area (Å²) in [6, 6.07) is 0. The lowest BCUT2D eigenvalue weighted by atomic mass is 10.4. The number of carboxylic acid groups (broad SMARTS) is 1. The Morgan fingerprint density at radius 1 is 1.32 bits per heavy atom. The first-order chi connectivity index (χ1) is 8.52. The van der Waals surface area contributed by atoms with E-state index in [0.29, 0.717) is 13.1 Å². The first-order valence-electron chi connectivity index (χ1n) is 4.64. The minimum Gasteiger partial charge on any atom is -0.475 e. The Bertz CT molecular complexity index is 329. The number of aliphatic imine (C=N–C) groups is 1. The molecule has 0 spiro atoms. The number of carbonyl (C=O) groups excluding carboxylic acids is 1. The number of aliphatic carboxylic acids is 1. The summed E-state index contributed by atoms with van der Waals surface area (Å²) in [5.41, 5.74) is 20.4. The van der Waals surface area contributed by atoms with E-state index in [9.17, 15) is 18.0 Å². The minimum absolute atomic E-state index is 0.217. The number of guanidine groups is 1. The fourth-order valence-electron chi connectivity index (χ4n) is 0.519. The molecule has 0 aromatic rings. The van der Waals surface area contributed by atoms with Gasteiger partial charge in [-0.3, -0.25) is 4.79 Å². The second-order valence-electron chi connectivity index (χ2n) is 2.88. The summed E-state index contributed by atoms with van der Waals surface area (Å²) in [4.78, 5) is 23.3. The molecule has 0 rings (SSSR count). The van der Waals surface area contributed by atoms with Crippen molar-refractivity contribution in [1.29, 1.82) is 0 Å². The summed E-state index contributed by atoms with van der Waals surface area (Å²) in [5, 5.41) is 9.56. The number of alkyl halides is 3. The first kappa shape index (κ1) is 19.3. The maximum Gasteiger partial charge on any atom is 0.490 e. The lowest BCUT2D eigenvalue weighted by Gasteiger charge is -2.06. The number of nitrogens with zero attached hydrogens (tertiary/aromatic N) is 1. The summed E-state index contributed by atoms with van der Waals surface area (Å²) in [6.45, 7) is 0.701. The van der Waals surface area contributed by atoms with Crippen molar-refractivity contribution >= 4 is 17.8 Å². The van der Waals surface area contributed by atoms with Crippen LogP contribution < -0.4 is 28.3 Å². The molecule has 0 saturated carbocycles. The van der Waals surface area contributed by atoms with Crippen molar-refractivity contribution < 1.29 is 27.9 Å². The SMILES string of the molecule is NCCNC(=O)C(N)N=C(N)N.O=C(O)C(F)(F)F. The standard InChI is InChI=1S/C5H14N6O.C2HF3O2/c6-1-2-10-4(12)3(7)11-5(8)9;3-2(4,5)1(6)7/h3H,1-2,6-7H2,(H,10,12)(H4,8,9,11);(H,6,7). The van der Waals surface area contributed by atoms with Crippen LogP contribution in [0.15, 0.2) is 4.99 Å². The Hall–Kier alpha value is -2.08. The molecule has 0 radical (unpaired) electrons. The third-order valence-corrected chi connectivity index (χ3v) is 1.24. The average molecular weight is 288 g/mol. The van der Waals surface area contributed by atoms with E-state index in [0.717, 1.165) is 0 Å². The molecule has 112 valence electrons. The van der Waals surface area contributed by atoms with Gasteiger partial charge in [-0.2, -0.15) is 13.2 Å². The van der Waals surface area contributed by atoms with Crippen molar-refractivity contribution in [1.82, 2.24) is 5.32 Å². The maximum absolute atomic E-state index is 10.9. The zero-order valence-corrected chi connectivity index (χ0v) is 9.65. The average Bonchev–Trinajstić information content (AvgIpc) is 2.24. The smallest absolute Gasteiger partial charge is 0.475 e. The van der Waals surface area contributed by atoms with Crippen LogP contribution in [0.25, 0.3) is 0 Å². The van der Waals surface area contributed by atoms with Gasteiger partial charge in [-0.15, -0.1) is 0 Å². The Morgan fingerprint density at radius 2 is 1.74 bits per heavy atom. The Labute approximate surface area is 105 Å². The molecule has 1 unspecified atom stereocenters. The van der Waals surface area contributed by atoms with Gasteiger partial charge in [0.15, 0.2) is 12.1 Å². The third-order valence-electron chi connectivity index (χ3n) is 1.24. The van der Waals surface area contributed by atoms with Crippen LogP contribution in [0.5, 0.6) is 0 Å². The summed E-state index contributed by atoms with van der Waals surface area (Å²) in [7, 11) is 0. The molecule has 12 heteroatoms. The molecule has 19 heavy (non-hydrogen) atoms. The normalized spacial score (nSPS) is 11.6. The second-order valence-corrected chi connectivity index (χ2v) is 2.88. The van der Waals surface area contributed by atoms with Gasteiger partial charge >= 0.3 is 12.1 Å². The van der Waals surface area contributed by atoms with E-state index < -0.39 is 24.2 Å². The van der Waals surface area contributed by atoms with Crippen molar-refractivity contribution in [2.45, 2.75) is 12.3 Å². The molecule has 9 nitrogen and oxygen atoms in total. The number of amides is 1. The Balaban J connectivity index is 0. The van der Waals surface area contributed by atoms with Crippen LogP contribution in [0.2, 0.25) is 0 Å². The molecule has 1 amide bonds. The Kier molecular flexibility index (Phi) is 9.06. The van der Waals surface area contributed by atoms with Gasteiger partial charge in [0.1, 0.15) is 0 Å². The highest BCUT2D eigenvalue weighted by atomic mass is 19.4. The number of hydrogen-bond acceptors (Lipinski definition) is 5. The summed E-state index contributed by atoms with van der Waals surface area (Å²) >= 11 is 0. The van der Waals surface area contributed by atoms with E-state index >= 15 is 0 Å². The van der Waals surface area contributed by atoms with E-state index in [1.807, 2.05) is 0 Å². The lowest BCUT2D eigenvalue weighted by Crippen LogP contribution is -2.43. The number of nitrogens with two attached hydrogens (primary N) is 4. The van der Waals surface area contributed by atoms with Crippen LogP contribution in [0.3, 0.4) is 0 Å². The highest BCUT2D eigenvalue weighted by Gasteiger charge is 2.38. The highest BCUT2D eigenvalue weighted by molar-refractivity contribution is 5.85. The number of hydrogen-bond donors (Lipinski definition) is 6. The third kappa shape index (κ3) is 12.2. The lowest BCUT2D eigenvalue weighted by molar-refractivity contribution is -0.192. The van der Waals surface area contributed by atoms with Crippen molar-refractivity contribution in [2.75, 3.05) is 13.1 Å². The van der Waals surface area contributed by atoms with E-state index in [1.165, 1.54) is 0 Å². The van der Waals surface area contributed by atoms with Crippen LogP contribution in [0.4, 0.5) is 13.2 Å². The van der Waals surface area contributed by atoms with E-state index in [1.54, 1.807) is 0 Å². The second kappa shape index (κ2) is 8.93. The van der Waals surface area contributed by atoms with Gasteiger partial charge in [-0.1, -0.05) is 0 Å². The monoisotopic (exact) mass is 288 g/mol. The van der Waals surface area contributed by atoms with E-state index in [-0.39, 0.29) is 5.96 Å². The number of nitrogens with one attached hydrogen (secondary N) is 1. The van der Waals surface area contributed by atoms with Gasteiger partial charge in [0.25, 0.3) is 5.91 Å². The molecule has 0 aromatic carbocycles. The molecule has 10 N–H and O–H groups in total. The molecule has 0 aliphatic heterocycles. The number of carbonyl (C=O) groups is 2. The molecular weight excluding hydrogens is 273 g/mol. The van der Waals surface area contributed by atoms with Crippen LogP contribution in [-0.4, -0.2) is 48.4 Å². The molecule has 0 heterocycles. The van der Waals surface area contributed by atoms with Crippen LogP contribution in [0.1, 0.15) is 0 Å². The van der Waals surface area contributed by atoms with Crippen LogP contribution in [-0.2, 0) is 9.59 Å². The largest absolute Gasteiger partial charge is 0.490 e. The number of carboxylic acids is 1. The van der Waals surface area contributed by atoms with Crippen LogP contribution in [0, 0.1) is 0 Å². The number of halogens is 3. The molecule has 0 fully saturated rings. The minimum atomic E-state index is -5.08. The van der Waals surface area contributed by atoms with Crippen LogP contribution >= 0.6 is 0 Å². The van der Waals surface area contributed by atoms with Gasteiger partial charge < -0.3 is 33.4 Å². The fraction of sp³-hybridized carbons (Fsp3) is 0.571. The van der Waals surface area contributed by atoms with Gasteiger partial charge in [0.05, 0.1) is 0 Å². The molecule has 1 atom stereocenters. The fourth-order valence-corrected chi connectivity index (χ4v) is 0.519. The summed E-state index contributed by atoms with van der Waals surface area (Å²) < 4.78 is 31.7. The highest BCUT2D eigenvalue weighted by Crippen LogP contribution is 2.13. The van der Waals surface area contributed by atoms with E-state index in [4.69, 9.17) is 32.8 Å². The van der Waals surface area contributed by atoms with Gasteiger partial charge in [-0.05, 0) is 0 Å². The van der Waals surface area contributed by atoms with Crippen molar-refractivity contribution in [3.8, 4) is 0 Å². The van der Waals surface area contributed by atoms with Crippen molar-refractivity contribution in [3.63, 3.8) is 0 Å². The summed E-state index contributed by atoms with van der Waals surface area (Å²) in [6.07, 6.45) is -6.14. The topological polar surface area (TPSA) is 183 Å². The van der Waals surface area contributed by atoms with Gasteiger partial charge in [0, 0.05) is 13.1 Å². The predicted molar refractivity (Wildman–Crippen MR) is 59.5 cm³/mol. The molecular formula is C7H15F3N6O3. The van der Waals surface area contributed by atoms with Gasteiger partial charge in [0.2, 0.25) is 0 Å². The maximum atomic E-state index is 10.9. The predicted octanol–water partition coefficient (Wildman–Crippen LogP) is -2.75. The van der Waals surface area contributed by atoms with Crippen molar-refractivity contribution in [2.24, 2.45) is 27.9 Å². The van der Waals surface area contributed by atoms with Gasteiger partial charge in [-0.25, -0.2) is 9.79 Å². The zero-order valence-electron chi connectivity index (χ0n) is 9.65. The number of rotatable bonds is 4. The molecule has 0 aromatic heterocycles. The molecule has 0 bridgehead atoms. The van der Waals surface area contributed by atoms with E-state index in [2.05, 4.69) is 10.3 Å². The molecule has 0 aliphatic carbocycles. The Morgan fingerprint density at radius 3 is 2.00 bits per heavy atom. The molecule has 0 aliphatic rings. The summed E-state index contributed by atoms with van der Waals surface area (Å²) in [5.74, 6) is -3.42. The van der Waals surface area contributed by atoms with Crippen molar-refractivity contribution in [3.05, 3.63) is 0 Å². The molecule has 0 saturated heterocycles. The first-order valence-corrected chi connectivity index (χ1v) is 4.64. The quantitative estimate of drug-likeness (QED) is 0.239. The zero-order chi connectivity index (χ0) is 15.6.